The SMILES string of the molecule is O=C(CCS(=O)(=O)Cc1ccccc1)N(Cc1ccco1)c1nc2ccccc2s1. The van der Waals surface area contributed by atoms with Crippen LogP contribution in [0, 0.1) is 0 Å². The Labute approximate surface area is 178 Å². The van der Waals surface area contributed by atoms with Crippen LogP contribution in [0.4, 0.5) is 5.13 Å². The van der Waals surface area contributed by atoms with E-state index in [1.807, 2.05) is 30.3 Å². The molecule has 0 N–H and O–H groups in total. The summed E-state index contributed by atoms with van der Waals surface area (Å²) in [5, 5.41) is 0.526. The van der Waals surface area contributed by atoms with Gasteiger partial charge in [-0.3, -0.25) is 9.69 Å². The van der Waals surface area contributed by atoms with Crippen molar-refractivity contribution in [1.82, 2.24) is 4.98 Å². The van der Waals surface area contributed by atoms with Gasteiger partial charge in [0, 0.05) is 6.42 Å². The molecule has 0 unspecified atom stereocenters. The average molecular weight is 441 g/mol. The number of hydrogen-bond donors (Lipinski definition) is 0. The third kappa shape index (κ3) is 4.95. The van der Waals surface area contributed by atoms with Crippen molar-refractivity contribution in [3.63, 3.8) is 0 Å². The van der Waals surface area contributed by atoms with Gasteiger partial charge < -0.3 is 4.42 Å². The Bertz CT molecular complexity index is 1200. The van der Waals surface area contributed by atoms with E-state index in [2.05, 4.69) is 4.98 Å². The van der Waals surface area contributed by atoms with Crippen LogP contribution in [-0.2, 0) is 26.9 Å². The fourth-order valence-corrected chi connectivity index (χ4v) is 5.39. The summed E-state index contributed by atoms with van der Waals surface area (Å²) in [7, 11) is -3.42. The first-order valence-corrected chi connectivity index (χ1v) is 12.1. The zero-order chi connectivity index (χ0) is 21.0. The highest BCUT2D eigenvalue weighted by Gasteiger charge is 2.23. The molecule has 4 rings (SSSR count). The molecule has 0 fully saturated rings. The summed E-state index contributed by atoms with van der Waals surface area (Å²) in [6.07, 6.45) is 1.42. The minimum absolute atomic E-state index is 0.0829. The van der Waals surface area contributed by atoms with Crippen molar-refractivity contribution < 1.29 is 17.6 Å². The minimum Gasteiger partial charge on any atom is -0.467 e. The molecule has 0 saturated carbocycles. The number of nitrogens with zero attached hydrogens (tertiary/aromatic N) is 2. The molecule has 0 aliphatic rings. The second-order valence-electron chi connectivity index (χ2n) is 6.85. The second kappa shape index (κ2) is 8.81. The van der Waals surface area contributed by atoms with Crippen molar-refractivity contribution in [3.8, 4) is 0 Å². The van der Waals surface area contributed by atoms with E-state index in [1.54, 1.807) is 42.7 Å². The number of carbonyl (C=O) groups excluding carboxylic acids is 1. The van der Waals surface area contributed by atoms with Crippen LogP contribution < -0.4 is 4.90 Å². The zero-order valence-electron chi connectivity index (χ0n) is 16.1. The summed E-state index contributed by atoms with van der Waals surface area (Å²) in [6, 6.07) is 20.1. The first-order valence-electron chi connectivity index (χ1n) is 9.43. The molecule has 4 aromatic rings. The van der Waals surface area contributed by atoms with Gasteiger partial charge in [-0.1, -0.05) is 53.8 Å². The van der Waals surface area contributed by atoms with Gasteiger partial charge in [-0.25, -0.2) is 13.4 Å². The van der Waals surface area contributed by atoms with Gasteiger partial charge in [0.1, 0.15) is 5.76 Å². The van der Waals surface area contributed by atoms with Gasteiger partial charge in [-0.15, -0.1) is 0 Å². The molecule has 6 nitrogen and oxygen atoms in total. The summed E-state index contributed by atoms with van der Waals surface area (Å²) in [4.78, 5) is 19.1. The Morgan fingerprint density at radius 1 is 1.00 bits per heavy atom. The molecule has 2 heterocycles. The van der Waals surface area contributed by atoms with Crippen LogP contribution in [0.2, 0.25) is 0 Å². The predicted molar refractivity (Wildman–Crippen MR) is 118 cm³/mol. The normalized spacial score (nSPS) is 11.6. The van der Waals surface area contributed by atoms with E-state index in [0.29, 0.717) is 16.5 Å². The number of carbonyl (C=O) groups is 1. The molecular weight excluding hydrogens is 420 g/mol. The lowest BCUT2D eigenvalue weighted by atomic mass is 10.2. The quantitative estimate of drug-likeness (QED) is 0.405. The van der Waals surface area contributed by atoms with Crippen LogP contribution >= 0.6 is 11.3 Å². The number of hydrogen-bond acceptors (Lipinski definition) is 6. The van der Waals surface area contributed by atoms with Crippen molar-refractivity contribution >= 4 is 42.4 Å². The van der Waals surface area contributed by atoms with E-state index < -0.39 is 9.84 Å². The molecule has 2 aromatic heterocycles. The number of fused-ring (bicyclic) bond motifs is 1. The average Bonchev–Trinajstić information content (AvgIpc) is 3.40. The maximum atomic E-state index is 13.0. The number of benzene rings is 2. The van der Waals surface area contributed by atoms with E-state index in [-0.39, 0.29) is 30.4 Å². The van der Waals surface area contributed by atoms with Gasteiger partial charge in [0.25, 0.3) is 0 Å². The van der Waals surface area contributed by atoms with Crippen LogP contribution in [0.5, 0.6) is 0 Å². The number of sulfone groups is 1. The molecule has 8 heteroatoms. The van der Waals surface area contributed by atoms with Crippen molar-refractivity contribution in [1.29, 1.82) is 0 Å². The topological polar surface area (TPSA) is 80.5 Å². The summed E-state index contributed by atoms with van der Waals surface area (Å²) in [5.41, 5.74) is 1.51. The lowest BCUT2D eigenvalue weighted by Crippen LogP contribution is -2.31. The molecule has 0 saturated heterocycles. The fourth-order valence-electron chi connectivity index (χ4n) is 3.07. The third-order valence-corrected chi connectivity index (χ3v) is 7.22. The molecule has 30 heavy (non-hydrogen) atoms. The number of anilines is 1. The Hall–Kier alpha value is -2.97. The van der Waals surface area contributed by atoms with E-state index in [1.165, 1.54) is 16.2 Å². The number of furan rings is 1. The van der Waals surface area contributed by atoms with E-state index >= 15 is 0 Å². The van der Waals surface area contributed by atoms with Crippen LogP contribution in [0.1, 0.15) is 17.7 Å². The molecule has 0 aliphatic carbocycles. The van der Waals surface area contributed by atoms with Crippen molar-refractivity contribution in [3.05, 3.63) is 84.3 Å². The smallest absolute Gasteiger partial charge is 0.230 e. The monoisotopic (exact) mass is 440 g/mol. The second-order valence-corrected chi connectivity index (χ2v) is 10.0. The summed E-state index contributed by atoms with van der Waals surface area (Å²) in [6.45, 7) is 0.199. The Kier molecular flexibility index (Phi) is 5.96. The highest BCUT2D eigenvalue weighted by Crippen LogP contribution is 2.30. The number of thiazole rings is 1. The maximum absolute atomic E-state index is 13.0. The number of para-hydroxylation sites is 1. The van der Waals surface area contributed by atoms with Crippen molar-refractivity contribution in [2.24, 2.45) is 0 Å². The Morgan fingerprint density at radius 3 is 2.50 bits per heavy atom. The van der Waals surface area contributed by atoms with Crippen molar-refractivity contribution in [2.45, 2.75) is 18.7 Å². The van der Waals surface area contributed by atoms with Gasteiger partial charge in [0.15, 0.2) is 15.0 Å². The van der Waals surface area contributed by atoms with Gasteiger partial charge >= 0.3 is 0 Å². The van der Waals surface area contributed by atoms with Gasteiger partial charge in [0.05, 0.1) is 34.5 Å². The molecule has 0 aliphatic heterocycles. The van der Waals surface area contributed by atoms with E-state index in [9.17, 15) is 13.2 Å². The first-order chi connectivity index (χ1) is 14.5. The van der Waals surface area contributed by atoms with Gasteiger partial charge in [-0.2, -0.15) is 0 Å². The largest absolute Gasteiger partial charge is 0.467 e. The Balaban J connectivity index is 1.52. The Morgan fingerprint density at radius 2 is 1.77 bits per heavy atom. The number of aromatic nitrogens is 1. The van der Waals surface area contributed by atoms with Crippen LogP contribution in [0.25, 0.3) is 10.2 Å². The molecule has 2 aromatic carbocycles. The predicted octanol–water partition coefficient (Wildman–Crippen LogP) is 4.43. The summed E-state index contributed by atoms with van der Waals surface area (Å²) < 4.78 is 31.4. The molecule has 154 valence electrons. The fraction of sp³-hybridized carbons (Fsp3) is 0.182. The number of amides is 1. The molecule has 0 atom stereocenters. The standard InChI is InChI=1S/C22H20N2O4S2/c25-21(12-14-30(26,27)16-17-7-2-1-3-8-17)24(15-18-9-6-13-28-18)22-23-19-10-4-5-11-20(19)29-22/h1-11,13H,12,14-16H2. The minimum atomic E-state index is -3.42. The molecule has 1 amide bonds. The van der Waals surface area contributed by atoms with Gasteiger partial charge in [-0.05, 0) is 29.8 Å². The van der Waals surface area contributed by atoms with E-state index in [0.717, 1.165) is 10.2 Å². The van der Waals surface area contributed by atoms with Crippen LogP contribution in [-0.4, -0.2) is 25.1 Å². The lowest BCUT2D eigenvalue weighted by Gasteiger charge is -2.18. The van der Waals surface area contributed by atoms with Crippen molar-refractivity contribution in [2.75, 3.05) is 10.7 Å². The van der Waals surface area contributed by atoms with Crippen LogP contribution in [0.15, 0.2) is 77.4 Å². The first kappa shape index (κ1) is 20.3. The molecule has 0 radical (unpaired) electrons. The van der Waals surface area contributed by atoms with Gasteiger partial charge in [0.2, 0.25) is 5.91 Å². The number of rotatable bonds is 8. The highest BCUT2D eigenvalue weighted by atomic mass is 32.2. The molecule has 0 bridgehead atoms. The highest BCUT2D eigenvalue weighted by molar-refractivity contribution is 7.90. The summed E-state index contributed by atoms with van der Waals surface area (Å²) in [5.74, 6) is -0.00221. The maximum Gasteiger partial charge on any atom is 0.230 e. The molecule has 0 spiro atoms. The molecular formula is C22H20N2O4S2. The van der Waals surface area contributed by atoms with E-state index in [4.69, 9.17) is 4.42 Å². The summed E-state index contributed by atoms with van der Waals surface area (Å²) >= 11 is 1.39. The third-order valence-electron chi connectivity index (χ3n) is 4.56. The lowest BCUT2D eigenvalue weighted by molar-refractivity contribution is -0.118. The zero-order valence-corrected chi connectivity index (χ0v) is 17.7. The van der Waals surface area contributed by atoms with Crippen LogP contribution in [0.3, 0.4) is 0 Å².